The van der Waals surface area contributed by atoms with Gasteiger partial charge in [-0.05, 0) is 0 Å². The SMILES string of the molecule is CNc1cnc(N)c(ON)c1. The van der Waals surface area contributed by atoms with E-state index in [4.69, 9.17) is 11.6 Å². The van der Waals surface area contributed by atoms with E-state index in [2.05, 4.69) is 15.1 Å². The molecule has 0 unspecified atom stereocenters. The highest BCUT2D eigenvalue weighted by atomic mass is 16.6. The normalized spacial score (nSPS) is 9.27. The molecule has 0 atom stereocenters. The lowest BCUT2D eigenvalue weighted by Gasteiger charge is -2.04. The quantitative estimate of drug-likeness (QED) is 0.520. The van der Waals surface area contributed by atoms with E-state index in [1.54, 1.807) is 19.3 Å². The smallest absolute Gasteiger partial charge is 0.190 e. The van der Waals surface area contributed by atoms with E-state index in [9.17, 15) is 0 Å². The van der Waals surface area contributed by atoms with Crippen molar-refractivity contribution in [1.29, 1.82) is 0 Å². The van der Waals surface area contributed by atoms with Crippen molar-refractivity contribution in [3.63, 3.8) is 0 Å². The van der Waals surface area contributed by atoms with Gasteiger partial charge in [-0.1, -0.05) is 0 Å². The maximum atomic E-state index is 5.41. The maximum absolute atomic E-state index is 5.41. The zero-order valence-corrected chi connectivity index (χ0v) is 6.16. The molecule has 0 aliphatic rings. The molecule has 0 fully saturated rings. The van der Waals surface area contributed by atoms with Crippen LogP contribution >= 0.6 is 0 Å². The predicted octanol–water partition coefficient (Wildman–Crippen LogP) is -0.0420. The highest BCUT2D eigenvalue weighted by molar-refractivity contribution is 5.55. The summed E-state index contributed by atoms with van der Waals surface area (Å²) in [7, 11) is 1.77. The third-order valence-electron chi connectivity index (χ3n) is 1.30. The molecular formula is C6H10N4O. The Morgan fingerprint density at radius 3 is 2.91 bits per heavy atom. The first-order valence-corrected chi connectivity index (χ1v) is 3.08. The van der Waals surface area contributed by atoms with Crippen molar-refractivity contribution in [3.8, 4) is 5.75 Å². The van der Waals surface area contributed by atoms with Crippen LogP contribution in [0.15, 0.2) is 12.3 Å². The third kappa shape index (κ3) is 1.50. The minimum absolute atomic E-state index is 0.284. The Hall–Kier alpha value is -1.49. The molecule has 0 aliphatic heterocycles. The third-order valence-corrected chi connectivity index (χ3v) is 1.30. The largest absolute Gasteiger partial charge is 0.408 e. The Bertz CT molecular complexity index is 250. The molecule has 11 heavy (non-hydrogen) atoms. The number of rotatable bonds is 2. The Kier molecular flexibility index (Phi) is 2.12. The van der Waals surface area contributed by atoms with Crippen LogP contribution in [-0.2, 0) is 0 Å². The topological polar surface area (TPSA) is 86.2 Å². The molecule has 0 saturated carbocycles. The molecule has 0 saturated heterocycles. The molecule has 0 bridgehead atoms. The number of anilines is 2. The van der Waals surface area contributed by atoms with Crippen LogP contribution in [0, 0.1) is 0 Å². The number of nitrogens with one attached hydrogen (secondary N) is 1. The van der Waals surface area contributed by atoms with Gasteiger partial charge in [0.25, 0.3) is 0 Å². The fraction of sp³-hybridized carbons (Fsp3) is 0.167. The summed E-state index contributed by atoms with van der Waals surface area (Å²) < 4.78 is 0. The standard InChI is InChI=1S/C6H10N4O/c1-9-4-2-5(11-8)6(7)10-3-4/h2-3,9H,8H2,1H3,(H2,7,10). The van der Waals surface area contributed by atoms with Gasteiger partial charge in [-0.15, -0.1) is 0 Å². The lowest BCUT2D eigenvalue weighted by molar-refractivity contribution is 0.335. The molecular weight excluding hydrogens is 144 g/mol. The number of pyridine rings is 1. The summed E-state index contributed by atoms with van der Waals surface area (Å²) in [5.41, 5.74) is 6.22. The minimum atomic E-state index is 0.284. The number of hydrogen-bond acceptors (Lipinski definition) is 5. The number of nitrogens with zero attached hydrogens (tertiary/aromatic N) is 1. The van der Waals surface area contributed by atoms with Crippen LogP contribution in [0.1, 0.15) is 0 Å². The van der Waals surface area contributed by atoms with Gasteiger partial charge in [0.15, 0.2) is 11.6 Å². The maximum Gasteiger partial charge on any atom is 0.190 e. The van der Waals surface area contributed by atoms with E-state index in [0.29, 0.717) is 5.75 Å². The molecule has 1 aromatic rings. The average molecular weight is 154 g/mol. The van der Waals surface area contributed by atoms with Crippen LogP contribution in [0.3, 0.4) is 0 Å². The van der Waals surface area contributed by atoms with Gasteiger partial charge in [0.05, 0.1) is 11.9 Å². The molecule has 0 spiro atoms. The highest BCUT2D eigenvalue weighted by Gasteiger charge is 2.00. The van der Waals surface area contributed by atoms with Gasteiger partial charge in [0, 0.05) is 13.1 Å². The van der Waals surface area contributed by atoms with Crippen molar-refractivity contribution in [2.45, 2.75) is 0 Å². The van der Waals surface area contributed by atoms with Crippen molar-refractivity contribution in [2.24, 2.45) is 5.90 Å². The molecule has 1 heterocycles. The lowest BCUT2D eigenvalue weighted by atomic mass is 10.4. The Morgan fingerprint density at radius 1 is 1.64 bits per heavy atom. The molecule has 5 nitrogen and oxygen atoms in total. The molecule has 1 aromatic heterocycles. The van der Waals surface area contributed by atoms with Gasteiger partial charge in [-0.25, -0.2) is 4.98 Å². The monoisotopic (exact) mass is 154 g/mol. The zero-order chi connectivity index (χ0) is 8.27. The summed E-state index contributed by atoms with van der Waals surface area (Å²) in [5.74, 6) is 5.58. The Labute approximate surface area is 64.3 Å². The summed E-state index contributed by atoms with van der Waals surface area (Å²) in [4.78, 5) is 8.29. The van der Waals surface area contributed by atoms with Gasteiger partial charge in [-0.2, -0.15) is 5.90 Å². The first-order valence-electron chi connectivity index (χ1n) is 3.08. The van der Waals surface area contributed by atoms with Crippen LogP contribution in [0.25, 0.3) is 0 Å². The summed E-state index contributed by atoms with van der Waals surface area (Å²) >= 11 is 0. The van der Waals surface area contributed by atoms with Crippen molar-refractivity contribution in [3.05, 3.63) is 12.3 Å². The summed E-state index contributed by atoms with van der Waals surface area (Å²) in [5, 5.41) is 2.88. The molecule has 0 aliphatic carbocycles. The van der Waals surface area contributed by atoms with Crippen molar-refractivity contribution < 1.29 is 4.84 Å². The van der Waals surface area contributed by atoms with Crippen molar-refractivity contribution in [1.82, 2.24) is 4.98 Å². The van der Waals surface area contributed by atoms with E-state index in [-0.39, 0.29) is 5.82 Å². The summed E-state index contributed by atoms with van der Waals surface area (Å²) in [6, 6.07) is 1.67. The molecule has 0 radical (unpaired) electrons. The van der Waals surface area contributed by atoms with Gasteiger partial charge < -0.3 is 15.9 Å². The average Bonchev–Trinajstić information content (AvgIpc) is 2.05. The lowest BCUT2D eigenvalue weighted by Crippen LogP contribution is -2.06. The van der Waals surface area contributed by atoms with E-state index in [1.807, 2.05) is 0 Å². The number of nitrogens with two attached hydrogens (primary N) is 2. The second-order valence-corrected chi connectivity index (χ2v) is 1.98. The van der Waals surface area contributed by atoms with Crippen LogP contribution in [0.4, 0.5) is 11.5 Å². The van der Waals surface area contributed by atoms with E-state index in [0.717, 1.165) is 5.69 Å². The van der Waals surface area contributed by atoms with Gasteiger partial charge in [0.2, 0.25) is 0 Å². The highest BCUT2D eigenvalue weighted by Crippen LogP contribution is 2.20. The second kappa shape index (κ2) is 3.07. The van der Waals surface area contributed by atoms with E-state index >= 15 is 0 Å². The molecule has 60 valence electrons. The van der Waals surface area contributed by atoms with Crippen LogP contribution in [-0.4, -0.2) is 12.0 Å². The van der Waals surface area contributed by atoms with Crippen molar-refractivity contribution in [2.75, 3.05) is 18.1 Å². The minimum Gasteiger partial charge on any atom is -0.408 e. The van der Waals surface area contributed by atoms with Gasteiger partial charge in [-0.3, -0.25) is 0 Å². The first-order chi connectivity index (χ1) is 5.27. The zero-order valence-electron chi connectivity index (χ0n) is 6.16. The van der Waals surface area contributed by atoms with Gasteiger partial charge >= 0.3 is 0 Å². The predicted molar refractivity (Wildman–Crippen MR) is 43.0 cm³/mol. The number of hydrogen-bond donors (Lipinski definition) is 3. The Balaban J connectivity index is 3.02. The van der Waals surface area contributed by atoms with Crippen molar-refractivity contribution >= 4 is 11.5 Å². The van der Waals surface area contributed by atoms with Crippen LogP contribution < -0.4 is 21.8 Å². The number of aromatic nitrogens is 1. The van der Waals surface area contributed by atoms with E-state index < -0.39 is 0 Å². The van der Waals surface area contributed by atoms with Crippen LogP contribution in [0.5, 0.6) is 5.75 Å². The first kappa shape index (κ1) is 7.62. The van der Waals surface area contributed by atoms with Gasteiger partial charge in [0.1, 0.15) is 0 Å². The fourth-order valence-electron chi connectivity index (χ4n) is 0.686. The molecule has 5 N–H and O–H groups in total. The van der Waals surface area contributed by atoms with Crippen LogP contribution in [0.2, 0.25) is 0 Å². The molecule has 1 rings (SSSR count). The molecule has 0 aromatic carbocycles. The fourth-order valence-corrected chi connectivity index (χ4v) is 0.686. The number of nitrogen functional groups attached to an aromatic ring is 1. The second-order valence-electron chi connectivity index (χ2n) is 1.98. The molecule has 0 amide bonds. The molecule has 5 heteroatoms. The summed E-state index contributed by atoms with van der Waals surface area (Å²) in [6.07, 6.45) is 1.60. The van der Waals surface area contributed by atoms with E-state index in [1.165, 1.54) is 0 Å². The summed E-state index contributed by atoms with van der Waals surface area (Å²) in [6.45, 7) is 0. The Morgan fingerprint density at radius 2 is 2.36 bits per heavy atom.